The molecule has 0 heterocycles. The third kappa shape index (κ3) is 307. The number of rotatable bonds is 0. The SMILES string of the molecule is O.O.O.O.O.O.O.[Ce+3].[Cl-].[Cl-].[Cl-]. The zero-order chi connectivity index (χ0) is 0. The van der Waals surface area contributed by atoms with Crippen molar-refractivity contribution in [3.8, 4) is 0 Å². The van der Waals surface area contributed by atoms with Gasteiger partial charge in [-0.1, -0.05) is 0 Å². The molecule has 1 radical (unpaired) electrons. The molecule has 11 heteroatoms. The van der Waals surface area contributed by atoms with Crippen molar-refractivity contribution < 1.29 is 117 Å². The summed E-state index contributed by atoms with van der Waals surface area (Å²) in [6.45, 7) is 0. The molecule has 0 aliphatic carbocycles. The average Bonchev–Trinajstić information content (AvgIpc) is 0. The molecule has 0 amide bonds. The molecule has 11 heavy (non-hydrogen) atoms. The second-order valence-electron chi connectivity index (χ2n) is 0. The molecule has 0 unspecified atom stereocenters. The molecule has 81 valence electrons. The maximum absolute atomic E-state index is 0. The Morgan fingerprint density at radius 1 is 0.273 bits per heavy atom. The van der Waals surface area contributed by atoms with Crippen LogP contribution in [0.1, 0.15) is 0 Å². The standard InChI is InChI=1S/Ce.3ClH.7H2O/h;3*1H;7*1H2/q+3;;;;;;;;;;/p-3. The summed E-state index contributed by atoms with van der Waals surface area (Å²) in [5, 5.41) is 0. The molecular formula is H14CeCl3O7. The second kappa shape index (κ2) is 372. The van der Waals surface area contributed by atoms with E-state index in [0.717, 1.165) is 0 Å². The van der Waals surface area contributed by atoms with Gasteiger partial charge in [-0.2, -0.15) is 0 Å². The Hall–Kier alpha value is 1.97. The molecule has 0 aromatic heterocycles. The van der Waals surface area contributed by atoms with Crippen LogP contribution in [0.4, 0.5) is 0 Å². The first-order valence-corrected chi connectivity index (χ1v) is 0. The molecule has 0 atom stereocenters. The zero-order valence-electron chi connectivity index (χ0n) is 5.13. The predicted molar refractivity (Wildman–Crippen MR) is 25.3 cm³/mol. The maximum Gasteiger partial charge on any atom is 3.00 e. The summed E-state index contributed by atoms with van der Waals surface area (Å²) in [4.78, 5) is 0. The minimum atomic E-state index is 0. The second-order valence-corrected chi connectivity index (χ2v) is 0. The van der Waals surface area contributed by atoms with Gasteiger partial charge in [-0.15, -0.1) is 0 Å². The first kappa shape index (κ1) is 480. The van der Waals surface area contributed by atoms with E-state index in [-0.39, 0.29) is 117 Å². The minimum absolute atomic E-state index is 0. The van der Waals surface area contributed by atoms with E-state index in [1.807, 2.05) is 0 Å². The Labute approximate surface area is 116 Å². The normalized spacial score (nSPS) is 0. The topological polar surface area (TPSA) is 220 Å². The Morgan fingerprint density at radius 3 is 0.273 bits per heavy atom. The summed E-state index contributed by atoms with van der Waals surface area (Å²) in [7, 11) is 0. The molecule has 0 aliphatic rings. The van der Waals surface area contributed by atoms with E-state index >= 15 is 0 Å². The summed E-state index contributed by atoms with van der Waals surface area (Å²) in [5.41, 5.74) is 0. The summed E-state index contributed by atoms with van der Waals surface area (Å²) >= 11 is 0. The number of halogens is 3. The van der Waals surface area contributed by atoms with Crippen LogP contribution in [0.15, 0.2) is 0 Å². The third-order valence-electron chi connectivity index (χ3n) is 0. The van der Waals surface area contributed by atoms with Gasteiger partial charge in [0, 0.05) is 0 Å². The van der Waals surface area contributed by atoms with Crippen molar-refractivity contribution in [2.24, 2.45) is 0 Å². The van der Waals surface area contributed by atoms with Crippen molar-refractivity contribution >= 4 is 0 Å². The van der Waals surface area contributed by atoms with Gasteiger partial charge in [-0.25, -0.2) is 0 Å². The fourth-order valence-electron chi connectivity index (χ4n) is 0. The monoisotopic (exact) mass is 371 g/mol. The molecule has 0 bridgehead atoms. The van der Waals surface area contributed by atoms with Crippen LogP contribution in [0.2, 0.25) is 0 Å². The van der Waals surface area contributed by atoms with Gasteiger partial charge in [0.15, 0.2) is 0 Å². The molecule has 0 saturated heterocycles. The van der Waals surface area contributed by atoms with Gasteiger partial charge in [0.25, 0.3) is 0 Å². The largest absolute Gasteiger partial charge is 3.00 e. The van der Waals surface area contributed by atoms with Gasteiger partial charge in [0.05, 0.1) is 0 Å². The van der Waals surface area contributed by atoms with Crippen LogP contribution in [-0.4, -0.2) is 38.3 Å². The smallest absolute Gasteiger partial charge is 1.00 e. The molecule has 0 aromatic rings. The first-order valence-electron chi connectivity index (χ1n) is 0. The van der Waals surface area contributed by atoms with Crippen molar-refractivity contribution in [1.29, 1.82) is 0 Å². The van der Waals surface area contributed by atoms with E-state index in [2.05, 4.69) is 0 Å². The van der Waals surface area contributed by atoms with Gasteiger partial charge >= 0.3 is 41.7 Å². The van der Waals surface area contributed by atoms with E-state index in [0.29, 0.717) is 0 Å². The van der Waals surface area contributed by atoms with Crippen LogP contribution in [0, 0.1) is 41.7 Å². The molecule has 7 nitrogen and oxygen atoms in total. The van der Waals surface area contributed by atoms with E-state index in [9.17, 15) is 0 Å². The van der Waals surface area contributed by atoms with Crippen molar-refractivity contribution in [2.75, 3.05) is 0 Å². The molecule has 0 aromatic carbocycles. The fourth-order valence-corrected chi connectivity index (χ4v) is 0. The van der Waals surface area contributed by atoms with Crippen LogP contribution in [-0.2, 0) is 0 Å². The van der Waals surface area contributed by atoms with Crippen LogP contribution >= 0.6 is 0 Å². The Bertz CT molecular complexity index is 13.6. The Balaban J connectivity index is 0. The molecule has 0 saturated carbocycles. The minimum Gasteiger partial charge on any atom is -1.00 e. The van der Waals surface area contributed by atoms with Gasteiger partial charge in [0.1, 0.15) is 0 Å². The van der Waals surface area contributed by atoms with Gasteiger partial charge in [0.2, 0.25) is 0 Å². The number of hydrogen-bond acceptors (Lipinski definition) is 0. The Kier molecular flexibility index (Phi) is 16200. The van der Waals surface area contributed by atoms with Crippen LogP contribution in [0.25, 0.3) is 0 Å². The van der Waals surface area contributed by atoms with Crippen molar-refractivity contribution in [1.82, 2.24) is 0 Å². The predicted octanol–water partition coefficient (Wildman–Crippen LogP) is -14.8. The summed E-state index contributed by atoms with van der Waals surface area (Å²) in [6.07, 6.45) is 0. The van der Waals surface area contributed by atoms with Crippen molar-refractivity contribution in [3.05, 3.63) is 0 Å². The van der Waals surface area contributed by atoms with Crippen LogP contribution in [0.3, 0.4) is 0 Å². The quantitative estimate of drug-likeness (QED) is 0.386. The molecule has 0 rings (SSSR count). The summed E-state index contributed by atoms with van der Waals surface area (Å²) < 4.78 is 0. The van der Waals surface area contributed by atoms with E-state index < -0.39 is 0 Å². The van der Waals surface area contributed by atoms with Crippen LogP contribution in [0.5, 0.6) is 0 Å². The molecule has 0 fully saturated rings. The molecular weight excluding hydrogens is 358 g/mol. The van der Waals surface area contributed by atoms with Gasteiger partial charge in [-0.3, -0.25) is 0 Å². The zero-order valence-corrected chi connectivity index (χ0v) is 10.5. The third-order valence-corrected chi connectivity index (χ3v) is 0. The van der Waals surface area contributed by atoms with Crippen LogP contribution < -0.4 is 37.2 Å². The molecule has 14 N–H and O–H groups in total. The summed E-state index contributed by atoms with van der Waals surface area (Å²) in [6, 6.07) is 0. The number of hydrogen-bond donors (Lipinski definition) is 0. The van der Waals surface area contributed by atoms with Crippen molar-refractivity contribution in [3.63, 3.8) is 0 Å². The average molecular weight is 373 g/mol. The first-order chi connectivity index (χ1) is 0. The molecule has 0 spiro atoms. The summed E-state index contributed by atoms with van der Waals surface area (Å²) in [5.74, 6) is 0. The molecule has 0 aliphatic heterocycles. The Morgan fingerprint density at radius 2 is 0.273 bits per heavy atom. The van der Waals surface area contributed by atoms with E-state index in [1.54, 1.807) is 0 Å². The van der Waals surface area contributed by atoms with Gasteiger partial charge < -0.3 is 75.6 Å². The van der Waals surface area contributed by atoms with Gasteiger partial charge in [-0.05, 0) is 0 Å². The maximum atomic E-state index is 0. The van der Waals surface area contributed by atoms with E-state index in [4.69, 9.17) is 0 Å². The fraction of sp³-hybridized carbons (Fsp3) is 0. The van der Waals surface area contributed by atoms with Crippen molar-refractivity contribution in [2.45, 2.75) is 0 Å². The van der Waals surface area contributed by atoms with E-state index in [1.165, 1.54) is 0 Å².